The number of amides is 1. The molecule has 1 amide bonds. The van der Waals surface area contributed by atoms with E-state index in [-0.39, 0.29) is 46.3 Å². The third-order valence-electron chi connectivity index (χ3n) is 4.09. The van der Waals surface area contributed by atoms with E-state index in [1.807, 2.05) is 5.32 Å². The van der Waals surface area contributed by atoms with Crippen molar-refractivity contribution in [1.29, 1.82) is 0 Å². The van der Waals surface area contributed by atoms with E-state index in [0.717, 1.165) is 24.5 Å². The summed E-state index contributed by atoms with van der Waals surface area (Å²) in [5.41, 5.74) is -1.75. The van der Waals surface area contributed by atoms with Crippen LogP contribution in [0.5, 0.6) is 5.75 Å². The minimum atomic E-state index is -4.72. The van der Waals surface area contributed by atoms with Crippen molar-refractivity contribution >= 4 is 45.8 Å². The zero-order valence-corrected chi connectivity index (χ0v) is 16.6. The van der Waals surface area contributed by atoms with Crippen LogP contribution in [0.4, 0.5) is 35.2 Å². The third kappa shape index (κ3) is 5.24. The van der Waals surface area contributed by atoms with Crippen molar-refractivity contribution in [1.82, 2.24) is 15.3 Å². The summed E-state index contributed by atoms with van der Waals surface area (Å²) >= 11 is 5.68. The average molecular weight is 472 g/mol. The fraction of sp³-hybridized carbons (Fsp3) is 0.167. The number of rotatable bonds is 7. The van der Waals surface area contributed by atoms with Crippen LogP contribution in [0.25, 0.3) is 10.9 Å². The fourth-order valence-corrected chi connectivity index (χ4v) is 2.91. The lowest BCUT2D eigenvalue weighted by atomic mass is 10.1. The van der Waals surface area contributed by atoms with Gasteiger partial charge in [0.1, 0.15) is 18.8 Å². The molecule has 0 unspecified atom stereocenters. The zero-order valence-electron chi connectivity index (χ0n) is 15.8. The summed E-state index contributed by atoms with van der Waals surface area (Å²) in [6.45, 7) is -0.327. The van der Waals surface area contributed by atoms with Crippen molar-refractivity contribution < 1.29 is 32.7 Å². The number of nitro benzene ring substituents is 1. The van der Waals surface area contributed by atoms with E-state index in [4.69, 9.17) is 21.4 Å². The van der Waals surface area contributed by atoms with Gasteiger partial charge in [0.2, 0.25) is 0 Å². The maximum Gasteiger partial charge on any atom is 0.418 e. The van der Waals surface area contributed by atoms with Crippen molar-refractivity contribution in [3.63, 3.8) is 0 Å². The van der Waals surface area contributed by atoms with Gasteiger partial charge in [-0.25, -0.2) is 14.8 Å². The van der Waals surface area contributed by atoms with E-state index < -0.39 is 28.4 Å². The Bertz CT molecular complexity index is 1190. The predicted molar refractivity (Wildman–Crippen MR) is 107 cm³/mol. The van der Waals surface area contributed by atoms with Gasteiger partial charge >= 0.3 is 18.0 Å². The summed E-state index contributed by atoms with van der Waals surface area (Å²) in [4.78, 5) is 29.1. The van der Waals surface area contributed by atoms with Gasteiger partial charge in [-0.3, -0.25) is 10.1 Å². The average Bonchev–Trinajstić information content (AvgIpc) is 2.71. The normalized spacial score (nSPS) is 11.2. The number of carboxylic acid groups (broad SMARTS) is 1. The fourth-order valence-electron chi connectivity index (χ4n) is 2.74. The summed E-state index contributed by atoms with van der Waals surface area (Å²) in [5.74, 6) is -0.299. The van der Waals surface area contributed by atoms with E-state index in [9.17, 15) is 28.1 Å². The monoisotopic (exact) mass is 471 g/mol. The number of hydrogen-bond donors (Lipinski definition) is 3. The van der Waals surface area contributed by atoms with Crippen LogP contribution in [-0.2, 0) is 6.18 Å². The molecule has 0 aliphatic carbocycles. The van der Waals surface area contributed by atoms with Crippen molar-refractivity contribution in [3.05, 3.63) is 57.4 Å². The maximum atomic E-state index is 13.4. The van der Waals surface area contributed by atoms with Gasteiger partial charge in [-0.15, -0.1) is 0 Å². The summed E-state index contributed by atoms with van der Waals surface area (Å²) < 4.78 is 45.4. The highest BCUT2D eigenvalue weighted by Crippen LogP contribution is 2.39. The van der Waals surface area contributed by atoms with E-state index in [0.29, 0.717) is 0 Å². The molecule has 14 heteroatoms. The lowest BCUT2D eigenvalue weighted by molar-refractivity contribution is -0.385. The molecule has 0 bridgehead atoms. The van der Waals surface area contributed by atoms with E-state index in [2.05, 4.69) is 15.3 Å². The van der Waals surface area contributed by atoms with Gasteiger partial charge in [0.05, 0.1) is 33.6 Å². The number of fused-ring (bicyclic) bond motifs is 1. The summed E-state index contributed by atoms with van der Waals surface area (Å²) in [7, 11) is 0. The lowest BCUT2D eigenvalue weighted by Crippen LogP contribution is -2.26. The molecule has 3 rings (SSSR count). The van der Waals surface area contributed by atoms with Crippen LogP contribution in [0.2, 0.25) is 5.02 Å². The number of alkyl halides is 3. The number of hydrogen-bond acceptors (Lipinski definition) is 7. The minimum Gasteiger partial charge on any atom is -0.485 e. The molecule has 10 nitrogen and oxygen atoms in total. The Morgan fingerprint density at radius 1 is 1.25 bits per heavy atom. The predicted octanol–water partition coefficient (Wildman–Crippen LogP) is 4.60. The highest BCUT2D eigenvalue weighted by atomic mass is 35.5. The number of halogens is 4. The second-order valence-corrected chi connectivity index (χ2v) is 6.65. The molecule has 0 aliphatic rings. The molecule has 0 radical (unpaired) electrons. The number of anilines is 2. The second kappa shape index (κ2) is 9.09. The molecule has 168 valence electrons. The minimum absolute atomic E-state index is 0.0679. The highest BCUT2D eigenvalue weighted by Gasteiger charge is 2.34. The highest BCUT2D eigenvalue weighted by molar-refractivity contribution is 6.30. The molecule has 0 fully saturated rings. The first-order valence-electron chi connectivity index (χ1n) is 8.73. The van der Waals surface area contributed by atoms with Gasteiger partial charge in [0, 0.05) is 17.2 Å². The molecular formula is C18H13ClF3N5O5. The number of nitrogens with zero attached hydrogens (tertiary/aromatic N) is 3. The Balaban J connectivity index is 2.01. The Morgan fingerprint density at radius 2 is 2.00 bits per heavy atom. The first kappa shape index (κ1) is 22.8. The van der Waals surface area contributed by atoms with Gasteiger partial charge in [0.25, 0.3) is 0 Å². The van der Waals surface area contributed by atoms with Crippen molar-refractivity contribution in [2.24, 2.45) is 0 Å². The molecule has 32 heavy (non-hydrogen) atoms. The van der Waals surface area contributed by atoms with E-state index in [1.54, 1.807) is 0 Å². The Kier molecular flexibility index (Phi) is 6.48. The number of aromatic nitrogens is 2. The third-order valence-corrected chi connectivity index (χ3v) is 4.32. The van der Waals surface area contributed by atoms with Crippen LogP contribution < -0.4 is 15.4 Å². The molecule has 0 spiro atoms. The number of benzene rings is 2. The Morgan fingerprint density at radius 3 is 2.66 bits per heavy atom. The molecule has 0 saturated heterocycles. The summed E-state index contributed by atoms with van der Waals surface area (Å²) in [6, 6.07) is 5.38. The lowest BCUT2D eigenvalue weighted by Gasteiger charge is -2.15. The molecule has 1 aromatic heterocycles. The number of nitro groups is 1. The van der Waals surface area contributed by atoms with Gasteiger partial charge in [0.15, 0.2) is 5.75 Å². The van der Waals surface area contributed by atoms with Gasteiger partial charge in [-0.05, 0) is 18.2 Å². The number of carbonyl (C=O) groups is 1. The van der Waals surface area contributed by atoms with E-state index in [1.165, 1.54) is 12.1 Å². The van der Waals surface area contributed by atoms with Crippen molar-refractivity contribution in [2.45, 2.75) is 6.18 Å². The smallest absolute Gasteiger partial charge is 0.418 e. The largest absolute Gasteiger partial charge is 0.485 e. The van der Waals surface area contributed by atoms with Crippen LogP contribution in [0.1, 0.15) is 5.56 Å². The summed E-state index contributed by atoms with van der Waals surface area (Å²) in [6.07, 6.45) is -4.94. The topological polar surface area (TPSA) is 140 Å². The molecule has 0 saturated carbocycles. The molecule has 3 aromatic rings. The van der Waals surface area contributed by atoms with Gasteiger partial charge < -0.3 is 20.5 Å². The standard InChI is InChI=1S/C18H13ClF3N5O5/c19-9-1-2-12(11(5-9)18(20,21)22)26-16-10-6-14(27(30)31)15(7-13(10)24-8-25-16)32-4-3-23-17(28)29/h1-2,5-8,23H,3-4H2,(H,28,29)(H,24,25,26). The molecular weight excluding hydrogens is 459 g/mol. The molecule has 3 N–H and O–H groups in total. The zero-order chi connectivity index (χ0) is 23.5. The van der Waals surface area contributed by atoms with Crippen LogP contribution in [0.15, 0.2) is 36.7 Å². The molecule has 0 aliphatic heterocycles. The van der Waals surface area contributed by atoms with Crippen molar-refractivity contribution in [2.75, 3.05) is 18.5 Å². The van der Waals surface area contributed by atoms with Crippen LogP contribution >= 0.6 is 11.6 Å². The Labute approximate surface area is 182 Å². The summed E-state index contributed by atoms with van der Waals surface area (Å²) in [5, 5.41) is 24.6. The SMILES string of the molecule is O=C(O)NCCOc1cc2ncnc(Nc3ccc(Cl)cc3C(F)(F)F)c2cc1[N+](=O)[O-]. The van der Waals surface area contributed by atoms with E-state index >= 15 is 0 Å². The van der Waals surface area contributed by atoms with Crippen molar-refractivity contribution in [3.8, 4) is 5.75 Å². The van der Waals surface area contributed by atoms with Gasteiger partial charge in [-0.2, -0.15) is 13.2 Å². The van der Waals surface area contributed by atoms with Crippen LogP contribution in [-0.4, -0.2) is 39.2 Å². The Hall–Kier alpha value is -3.87. The molecule has 1 heterocycles. The van der Waals surface area contributed by atoms with Crippen LogP contribution in [0.3, 0.4) is 0 Å². The number of nitrogens with one attached hydrogen (secondary N) is 2. The first-order chi connectivity index (χ1) is 15.1. The quantitative estimate of drug-likeness (QED) is 0.258. The van der Waals surface area contributed by atoms with Gasteiger partial charge in [-0.1, -0.05) is 11.6 Å². The first-order valence-corrected chi connectivity index (χ1v) is 9.10. The second-order valence-electron chi connectivity index (χ2n) is 6.21. The molecule has 2 aromatic carbocycles. The number of ether oxygens (including phenoxy) is 1. The van der Waals surface area contributed by atoms with Crippen LogP contribution in [0, 0.1) is 10.1 Å². The molecule has 0 atom stereocenters. The maximum absolute atomic E-state index is 13.4.